The van der Waals surface area contributed by atoms with Crippen molar-refractivity contribution in [2.75, 3.05) is 5.73 Å². The highest BCUT2D eigenvalue weighted by Crippen LogP contribution is 2.34. The largest absolute Gasteiger partial charge is 0.481 e. The van der Waals surface area contributed by atoms with Crippen molar-refractivity contribution in [2.24, 2.45) is 0 Å². The number of thiazole rings is 1. The first-order chi connectivity index (χ1) is 10.0. The monoisotopic (exact) mass is 320 g/mol. The molecule has 0 saturated heterocycles. The number of benzene rings is 1. The third-order valence-electron chi connectivity index (χ3n) is 2.78. The number of halogens is 1. The van der Waals surface area contributed by atoms with Crippen LogP contribution in [0, 0.1) is 0 Å². The number of hydrogen-bond donors (Lipinski definition) is 2. The van der Waals surface area contributed by atoms with Gasteiger partial charge in [0.2, 0.25) is 5.78 Å². The van der Waals surface area contributed by atoms with Gasteiger partial charge in [0.15, 0.2) is 10.9 Å². The zero-order valence-electron chi connectivity index (χ0n) is 10.5. The zero-order chi connectivity index (χ0) is 15.0. The standard InChI is InChI=1S/C14H9ClN2O3S/c15-8-3-1-7(2-4-8)12(19)13-11(17-14(16)21-13)9-5-6-10(18)20-9/h1-6,18H,(H2,16,17). The maximum atomic E-state index is 12.5. The van der Waals surface area contributed by atoms with Crippen LogP contribution in [0.25, 0.3) is 11.5 Å². The van der Waals surface area contributed by atoms with Crippen LogP contribution in [0.5, 0.6) is 5.95 Å². The molecule has 2 aromatic heterocycles. The van der Waals surface area contributed by atoms with Crippen molar-refractivity contribution >= 4 is 33.9 Å². The van der Waals surface area contributed by atoms with Crippen LogP contribution in [0.3, 0.4) is 0 Å². The number of hydrogen-bond acceptors (Lipinski definition) is 6. The Bertz CT molecular complexity index is 808. The molecule has 0 aliphatic heterocycles. The average Bonchev–Trinajstić information content (AvgIpc) is 3.05. The SMILES string of the molecule is Nc1nc(-c2ccc(O)o2)c(C(=O)c2ccc(Cl)cc2)s1. The number of nitrogens with two attached hydrogens (primary N) is 1. The Labute approximate surface area is 128 Å². The second kappa shape index (κ2) is 5.23. The first-order valence-corrected chi connectivity index (χ1v) is 7.10. The molecule has 0 atom stereocenters. The molecule has 0 spiro atoms. The number of rotatable bonds is 3. The van der Waals surface area contributed by atoms with Crippen LogP contribution in [0.4, 0.5) is 5.13 Å². The van der Waals surface area contributed by atoms with E-state index in [2.05, 4.69) is 4.98 Å². The summed E-state index contributed by atoms with van der Waals surface area (Å²) in [7, 11) is 0. The van der Waals surface area contributed by atoms with Gasteiger partial charge in [0.1, 0.15) is 10.6 Å². The molecule has 0 bridgehead atoms. The fourth-order valence-electron chi connectivity index (χ4n) is 1.84. The van der Waals surface area contributed by atoms with Crippen LogP contribution in [0.2, 0.25) is 5.02 Å². The predicted octanol–water partition coefficient (Wildman–Crippen LogP) is 3.58. The second-order valence-electron chi connectivity index (χ2n) is 4.20. The molecule has 0 aliphatic rings. The lowest BCUT2D eigenvalue weighted by Gasteiger charge is -2.00. The van der Waals surface area contributed by atoms with Gasteiger partial charge in [0, 0.05) is 16.7 Å². The number of furan rings is 1. The van der Waals surface area contributed by atoms with Crippen LogP contribution >= 0.6 is 22.9 Å². The Morgan fingerprint density at radius 3 is 2.57 bits per heavy atom. The van der Waals surface area contributed by atoms with E-state index in [4.69, 9.17) is 21.8 Å². The minimum atomic E-state index is -0.249. The van der Waals surface area contributed by atoms with Gasteiger partial charge in [-0.05, 0) is 30.3 Å². The summed E-state index contributed by atoms with van der Waals surface area (Å²) in [5, 5.41) is 10.1. The molecular formula is C14H9ClN2O3S. The first kappa shape index (κ1) is 13.7. The summed E-state index contributed by atoms with van der Waals surface area (Å²) in [6.45, 7) is 0. The molecule has 2 heterocycles. The number of nitrogens with zero attached hydrogens (tertiary/aromatic N) is 1. The third-order valence-corrected chi connectivity index (χ3v) is 3.92. The number of nitrogen functional groups attached to an aromatic ring is 1. The van der Waals surface area contributed by atoms with Gasteiger partial charge in [0.05, 0.1) is 0 Å². The normalized spacial score (nSPS) is 10.7. The van der Waals surface area contributed by atoms with Gasteiger partial charge >= 0.3 is 0 Å². The summed E-state index contributed by atoms with van der Waals surface area (Å²) >= 11 is 6.88. The maximum Gasteiger partial charge on any atom is 0.282 e. The molecule has 3 aromatic rings. The van der Waals surface area contributed by atoms with E-state index in [0.717, 1.165) is 11.3 Å². The molecular weight excluding hydrogens is 312 g/mol. The quantitative estimate of drug-likeness (QED) is 0.720. The van der Waals surface area contributed by atoms with E-state index in [1.165, 1.54) is 12.1 Å². The van der Waals surface area contributed by atoms with Crippen LogP contribution in [0.1, 0.15) is 15.2 Å². The zero-order valence-corrected chi connectivity index (χ0v) is 12.1. The lowest BCUT2D eigenvalue weighted by Crippen LogP contribution is -2.00. The minimum absolute atomic E-state index is 0.230. The number of aromatic hydroxyl groups is 1. The summed E-state index contributed by atoms with van der Waals surface area (Å²) in [6.07, 6.45) is 0. The molecule has 0 saturated carbocycles. The second-order valence-corrected chi connectivity index (χ2v) is 5.67. The molecule has 0 fully saturated rings. The van der Waals surface area contributed by atoms with E-state index in [1.807, 2.05) is 0 Å². The van der Waals surface area contributed by atoms with Crippen molar-refractivity contribution < 1.29 is 14.3 Å². The summed E-state index contributed by atoms with van der Waals surface area (Å²) in [5.41, 5.74) is 6.48. The Morgan fingerprint density at radius 1 is 1.24 bits per heavy atom. The molecule has 0 radical (unpaired) electrons. The molecule has 3 N–H and O–H groups in total. The molecule has 3 rings (SSSR count). The van der Waals surface area contributed by atoms with Crippen LogP contribution < -0.4 is 5.73 Å². The number of aromatic nitrogens is 1. The van der Waals surface area contributed by atoms with Gasteiger partial charge < -0.3 is 15.3 Å². The molecule has 106 valence electrons. The van der Waals surface area contributed by atoms with Crippen molar-refractivity contribution in [3.05, 3.63) is 51.9 Å². The lowest BCUT2D eigenvalue weighted by atomic mass is 10.1. The number of carbonyl (C=O) groups is 1. The molecule has 5 nitrogen and oxygen atoms in total. The maximum absolute atomic E-state index is 12.5. The van der Waals surface area contributed by atoms with E-state index in [-0.39, 0.29) is 22.6 Å². The Balaban J connectivity index is 2.06. The van der Waals surface area contributed by atoms with E-state index in [9.17, 15) is 9.90 Å². The average molecular weight is 321 g/mol. The van der Waals surface area contributed by atoms with Crippen molar-refractivity contribution in [2.45, 2.75) is 0 Å². The third kappa shape index (κ3) is 2.63. The van der Waals surface area contributed by atoms with Gasteiger partial charge in [-0.25, -0.2) is 4.98 Å². The summed E-state index contributed by atoms with van der Waals surface area (Å²) in [4.78, 5) is 17.0. The summed E-state index contributed by atoms with van der Waals surface area (Å²) < 4.78 is 5.10. The van der Waals surface area contributed by atoms with Gasteiger partial charge in [-0.2, -0.15) is 0 Å². The lowest BCUT2D eigenvalue weighted by molar-refractivity contribution is 0.104. The van der Waals surface area contributed by atoms with Crippen LogP contribution in [-0.4, -0.2) is 15.9 Å². The summed E-state index contributed by atoms with van der Waals surface area (Å²) in [5.74, 6) is -0.189. The van der Waals surface area contributed by atoms with Crippen molar-refractivity contribution in [1.29, 1.82) is 0 Å². The molecule has 0 unspecified atom stereocenters. The topological polar surface area (TPSA) is 89.3 Å². The van der Waals surface area contributed by atoms with E-state index in [1.54, 1.807) is 24.3 Å². The van der Waals surface area contributed by atoms with Gasteiger partial charge in [-0.1, -0.05) is 22.9 Å². The van der Waals surface area contributed by atoms with Crippen molar-refractivity contribution in [3.8, 4) is 17.4 Å². The van der Waals surface area contributed by atoms with Crippen molar-refractivity contribution in [3.63, 3.8) is 0 Å². The Kier molecular flexibility index (Phi) is 3.40. The fraction of sp³-hybridized carbons (Fsp3) is 0. The van der Waals surface area contributed by atoms with Gasteiger partial charge in [-0.15, -0.1) is 0 Å². The van der Waals surface area contributed by atoms with E-state index < -0.39 is 0 Å². The van der Waals surface area contributed by atoms with Gasteiger partial charge in [-0.3, -0.25) is 4.79 Å². The molecule has 21 heavy (non-hydrogen) atoms. The van der Waals surface area contributed by atoms with E-state index >= 15 is 0 Å². The highest BCUT2D eigenvalue weighted by Gasteiger charge is 2.22. The minimum Gasteiger partial charge on any atom is -0.481 e. The molecule has 1 aromatic carbocycles. The number of carbonyl (C=O) groups excluding carboxylic acids is 1. The van der Waals surface area contributed by atoms with Crippen molar-refractivity contribution in [1.82, 2.24) is 4.98 Å². The number of anilines is 1. The van der Waals surface area contributed by atoms with Crippen LogP contribution in [-0.2, 0) is 0 Å². The Hall–Kier alpha value is -2.31. The van der Waals surface area contributed by atoms with Crippen LogP contribution in [0.15, 0.2) is 40.8 Å². The molecule has 0 amide bonds. The number of ketones is 1. The predicted molar refractivity (Wildman–Crippen MR) is 80.8 cm³/mol. The molecule has 7 heteroatoms. The van der Waals surface area contributed by atoms with Gasteiger partial charge in [0.25, 0.3) is 5.95 Å². The fourth-order valence-corrected chi connectivity index (χ4v) is 2.77. The van der Waals surface area contributed by atoms with E-state index in [0.29, 0.717) is 21.2 Å². The molecule has 0 aliphatic carbocycles. The first-order valence-electron chi connectivity index (χ1n) is 5.90. The highest BCUT2D eigenvalue weighted by molar-refractivity contribution is 7.18. The smallest absolute Gasteiger partial charge is 0.282 e. The highest BCUT2D eigenvalue weighted by atomic mass is 35.5. The Morgan fingerprint density at radius 2 is 1.95 bits per heavy atom. The summed E-state index contributed by atoms with van der Waals surface area (Å²) in [6, 6.07) is 9.44.